The summed E-state index contributed by atoms with van der Waals surface area (Å²) in [6.45, 7) is 5.48. The molecule has 0 bridgehead atoms. The van der Waals surface area contributed by atoms with Crippen LogP contribution in [-0.4, -0.2) is 23.6 Å². The molecule has 1 aliphatic rings. The fraction of sp³-hybridized carbons (Fsp3) is 0.364. The number of anilines is 2. The van der Waals surface area contributed by atoms with Crippen LogP contribution >= 0.6 is 12.2 Å². The number of carbonyl (C=O) groups is 1. The van der Waals surface area contributed by atoms with Gasteiger partial charge in [-0.05, 0) is 86.8 Å². The summed E-state index contributed by atoms with van der Waals surface area (Å²) < 4.78 is 0. The normalized spacial score (nSPS) is 16.7. The van der Waals surface area contributed by atoms with Crippen LogP contribution < -0.4 is 15.5 Å². The van der Waals surface area contributed by atoms with Gasteiger partial charge in [0.05, 0.1) is 0 Å². The molecule has 1 fully saturated rings. The first-order chi connectivity index (χ1) is 13.1. The van der Waals surface area contributed by atoms with E-state index in [0.717, 1.165) is 18.7 Å². The van der Waals surface area contributed by atoms with E-state index in [2.05, 4.69) is 41.5 Å². The number of carbonyl (C=O) groups excluding carboxylic acids is 1. The number of rotatable bonds is 4. The Balaban J connectivity index is 1.56. The summed E-state index contributed by atoms with van der Waals surface area (Å²) in [6.07, 6.45) is 4.76. The average Bonchev–Trinajstić information content (AvgIpc) is 2.69. The molecule has 0 aromatic heterocycles. The highest BCUT2D eigenvalue weighted by Gasteiger charge is 2.18. The number of hydrogen-bond donors (Lipinski definition) is 2. The Labute approximate surface area is 167 Å². The lowest BCUT2D eigenvalue weighted by Gasteiger charge is -2.35. The van der Waals surface area contributed by atoms with Crippen molar-refractivity contribution in [2.75, 3.05) is 16.8 Å². The molecule has 4 nitrogen and oxygen atoms in total. The zero-order valence-electron chi connectivity index (χ0n) is 16.0. The Morgan fingerprint density at radius 1 is 1.11 bits per heavy atom. The van der Waals surface area contributed by atoms with Gasteiger partial charge in [-0.1, -0.05) is 19.1 Å². The van der Waals surface area contributed by atoms with Gasteiger partial charge in [-0.2, -0.15) is 0 Å². The fourth-order valence-corrected chi connectivity index (χ4v) is 3.66. The molecule has 0 unspecified atom stereocenters. The summed E-state index contributed by atoms with van der Waals surface area (Å²) in [5, 5.41) is 6.13. The molecule has 1 atom stereocenters. The predicted octanol–water partition coefficient (Wildman–Crippen LogP) is 4.75. The van der Waals surface area contributed by atoms with E-state index in [1.54, 1.807) is 0 Å². The Hall–Kier alpha value is -2.40. The molecule has 0 saturated carbocycles. The number of hydrogen-bond acceptors (Lipinski definition) is 3. The smallest absolute Gasteiger partial charge is 0.257 e. The lowest BCUT2D eigenvalue weighted by molar-refractivity contribution is 0.0977. The minimum absolute atomic E-state index is 0.200. The Morgan fingerprint density at radius 3 is 2.44 bits per heavy atom. The van der Waals surface area contributed by atoms with Crippen molar-refractivity contribution in [3.63, 3.8) is 0 Å². The lowest BCUT2D eigenvalue weighted by atomic mass is 10.0. The van der Waals surface area contributed by atoms with Gasteiger partial charge in [0.25, 0.3) is 5.91 Å². The molecular formula is C22H27N3OS. The molecule has 2 aromatic rings. The third-order valence-corrected chi connectivity index (χ3v) is 5.32. The van der Waals surface area contributed by atoms with Crippen LogP contribution in [-0.2, 0) is 6.42 Å². The maximum atomic E-state index is 12.3. The first-order valence-electron chi connectivity index (χ1n) is 9.65. The van der Waals surface area contributed by atoms with Gasteiger partial charge in [-0.25, -0.2) is 0 Å². The van der Waals surface area contributed by atoms with Crippen molar-refractivity contribution in [3.8, 4) is 0 Å². The van der Waals surface area contributed by atoms with E-state index in [4.69, 9.17) is 12.2 Å². The summed E-state index contributed by atoms with van der Waals surface area (Å²) >= 11 is 5.28. The highest BCUT2D eigenvalue weighted by Crippen LogP contribution is 2.25. The van der Waals surface area contributed by atoms with Gasteiger partial charge in [0.1, 0.15) is 0 Å². The van der Waals surface area contributed by atoms with Crippen molar-refractivity contribution >= 4 is 34.6 Å². The van der Waals surface area contributed by atoms with Crippen LogP contribution in [0.2, 0.25) is 0 Å². The van der Waals surface area contributed by atoms with Crippen LogP contribution in [0.5, 0.6) is 0 Å². The largest absolute Gasteiger partial charge is 0.369 e. The topological polar surface area (TPSA) is 44.4 Å². The molecular weight excluding hydrogens is 354 g/mol. The molecule has 2 aromatic carbocycles. The van der Waals surface area contributed by atoms with Gasteiger partial charge >= 0.3 is 0 Å². The van der Waals surface area contributed by atoms with Crippen molar-refractivity contribution in [1.82, 2.24) is 5.32 Å². The molecule has 0 spiro atoms. The minimum atomic E-state index is -0.200. The number of thiocarbonyl (C=S) groups is 1. The zero-order valence-corrected chi connectivity index (χ0v) is 16.8. The number of benzene rings is 2. The molecule has 1 amide bonds. The fourth-order valence-electron chi connectivity index (χ4n) is 3.45. The Kier molecular flexibility index (Phi) is 6.45. The van der Waals surface area contributed by atoms with Crippen LogP contribution in [0, 0.1) is 0 Å². The van der Waals surface area contributed by atoms with Gasteiger partial charge < -0.3 is 10.2 Å². The van der Waals surface area contributed by atoms with Crippen molar-refractivity contribution in [2.24, 2.45) is 0 Å². The zero-order chi connectivity index (χ0) is 19.2. The average molecular weight is 382 g/mol. The summed E-state index contributed by atoms with van der Waals surface area (Å²) in [5.74, 6) is -0.200. The van der Waals surface area contributed by atoms with Gasteiger partial charge in [0.15, 0.2) is 5.11 Å². The quantitative estimate of drug-likeness (QED) is 0.750. The van der Waals surface area contributed by atoms with Crippen molar-refractivity contribution in [1.29, 1.82) is 0 Å². The summed E-state index contributed by atoms with van der Waals surface area (Å²) in [6, 6.07) is 16.4. The Morgan fingerprint density at radius 2 is 1.81 bits per heavy atom. The van der Waals surface area contributed by atoms with Crippen molar-refractivity contribution in [3.05, 3.63) is 59.7 Å². The van der Waals surface area contributed by atoms with Crippen LogP contribution in [0.1, 0.15) is 49.0 Å². The highest BCUT2D eigenvalue weighted by molar-refractivity contribution is 7.80. The molecule has 3 rings (SSSR count). The third kappa shape index (κ3) is 5.07. The second-order valence-corrected chi connectivity index (χ2v) is 7.45. The van der Waals surface area contributed by atoms with Gasteiger partial charge in [-0.15, -0.1) is 0 Å². The van der Waals surface area contributed by atoms with Crippen molar-refractivity contribution in [2.45, 2.75) is 45.6 Å². The molecule has 2 N–H and O–H groups in total. The number of nitrogens with one attached hydrogen (secondary N) is 2. The maximum Gasteiger partial charge on any atom is 0.257 e. The highest BCUT2D eigenvalue weighted by atomic mass is 32.1. The van der Waals surface area contributed by atoms with E-state index in [1.807, 2.05) is 36.4 Å². The van der Waals surface area contributed by atoms with E-state index in [1.165, 1.54) is 30.5 Å². The second kappa shape index (κ2) is 9.00. The Bertz CT molecular complexity index is 786. The number of aryl methyl sites for hydroxylation is 1. The van der Waals surface area contributed by atoms with Gasteiger partial charge in [-0.3, -0.25) is 10.1 Å². The molecule has 1 heterocycles. The van der Waals surface area contributed by atoms with E-state index in [0.29, 0.717) is 16.7 Å². The van der Waals surface area contributed by atoms with Crippen molar-refractivity contribution < 1.29 is 4.79 Å². The molecule has 0 aliphatic carbocycles. The summed E-state index contributed by atoms with van der Waals surface area (Å²) in [7, 11) is 0. The molecule has 1 aliphatic heterocycles. The van der Waals surface area contributed by atoms with E-state index in [9.17, 15) is 4.79 Å². The number of amides is 1. The van der Waals surface area contributed by atoms with Crippen LogP contribution in [0.15, 0.2) is 48.5 Å². The molecule has 0 radical (unpaired) electrons. The first kappa shape index (κ1) is 19.4. The molecule has 5 heteroatoms. The minimum Gasteiger partial charge on any atom is -0.369 e. The third-order valence-electron chi connectivity index (χ3n) is 5.11. The van der Waals surface area contributed by atoms with E-state index >= 15 is 0 Å². The van der Waals surface area contributed by atoms with Gasteiger partial charge in [0.2, 0.25) is 0 Å². The number of piperidine rings is 1. The first-order valence-corrected chi connectivity index (χ1v) is 10.1. The summed E-state index contributed by atoms with van der Waals surface area (Å²) in [4.78, 5) is 14.7. The summed E-state index contributed by atoms with van der Waals surface area (Å²) in [5.41, 5.74) is 3.91. The standard InChI is InChI=1S/C22H27N3OS/c1-3-17-7-9-18(10-8-17)21(26)24-22(27)23-19-11-13-20(14-12-19)25-15-5-4-6-16(25)2/h7-14,16H,3-6,15H2,1-2H3,(H2,23,24,26,27)/t16-/m0/s1. The molecule has 1 saturated heterocycles. The van der Waals surface area contributed by atoms with E-state index < -0.39 is 0 Å². The lowest BCUT2D eigenvalue weighted by Crippen LogP contribution is -2.37. The van der Waals surface area contributed by atoms with E-state index in [-0.39, 0.29) is 5.91 Å². The van der Waals surface area contributed by atoms with Crippen LogP contribution in [0.4, 0.5) is 11.4 Å². The SMILES string of the molecule is CCc1ccc(C(=O)NC(=S)Nc2ccc(N3CCCC[C@@H]3C)cc2)cc1. The molecule has 27 heavy (non-hydrogen) atoms. The monoisotopic (exact) mass is 381 g/mol. The van der Waals surface area contributed by atoms with Crippen LogP contribution in [0.3, 0.4) is 0 Å². The molecule has 142 valence electrons. The van der Waals surface area contributed by atoms with Crippen LogP contribution in [0.25, 0.3) is 0 Å². The maximum absolute atomic E-state index is 12.3. The number of nitrogens with zero attached hydrogens (tertiary/aromatic N) is 1. The van der Waals surface area contributed by atoms with Gasteiger partial charge in [0, 0.05) is 29.5 Å². The second-order valence-electron chi connectivity index (χ2n) is 7.04. The predicted molar refractivity (Wildman–Crippen MR) is 117 cm³/mol.